The topological polar surface area (TPSA) is 38.1 Å². The second kappa shape index (κ2) is 6.16. The third-order valence-corrected chi connectivity index (χ3v) is 5.37. The van der Waals surface area contributed by atoms with Crippen molar-refractivity contribution in [2.75, 3.05) is 13.1 Å². The van der Waals surface area contributed by atoms with Crippen LogP contribution in [0.25, 0.3) is 15.3 Å². The first-order chi connectivity index (χ1) is 11.3. The van der Waals surface area contributed by atoms with Crippen molar-refractivity contribution in [3.05, 3.63) is 48.3 Å². The van der Waals surface area contributed by atoms with Gasteiger partial charge in [0.15, 0.2) is 5.13 Å². The van der Waals surface area contributed by atoms with Gasteiger partial charge in [0.05, 0.1) is 10.2 Å². The summed E-state index contributed by atoms with van der Waals surface area (Å²) in [5, 5.41) is 0.935. The first-order valence-corrected chi connectivity index (χ1v) is 8.96. The highest BCUT2D eigenvalue weighted by Gasteiger charge is 2.18. The molecular formula is C18H19N3OS. The zero-order valence-corrected chi connectivity index (χ0v) is 13.8. The van der Waals surface area contributed by atoms with Crippen LogP contribution < -0.4 is 0 Å². The Kier molecular flexibility index (Phi) is 3.87. The number of nitrogens with zero attached hydrogens (tertiary/aromatic N) is 3. The summed E-state index contributed by atoms with van der Waals surface area (Å²) in [4.78, 5) is 19.4. The van der Waals surface area contributed by atoms with Gasteiger partial charge in [-0.05, 0) is 43.2 Å². The minimum atomic E-state index is 0.157. The van der Waals surface area contributed by atoms with Crippen molar-refractivity contribution in [2.24, 2.45) is 0 Å². The molecule has 1 aromatic carbocycles. The smallest absolute Gasteiger partial charge is 0.253 e. The van der Waals surface area contributed by atoms with Gasteiger partial charge in [-0.25, -0.2) is 4.98 Å². The molecule has 1 fully saturated rings. The summed E-state index contributed by atoms with van der Waals surface area (Å²) in [5.41, 5.74) is 1.73. The lowest BCUT2D eigenvalue weighted by Crippen LogP contribution is -2.31. The molecular weight excluding hydrogens is 306 g/mol. The number of hydrogen-bond donors (Lipinski definition) is 0. The molecule has 3 aromatic rings. The first-order valence-electron chi connectivity index (χ1n) is 8.14. The summed E-state index contributed by atoms with van der Waals surface area (Å²) in [6.45, 7) is 1.77. The average molecular weight is 325 g/mol. The van der Waals surface area contributed by atoms with Crippen LogP contribution in [0.1, 0.15) is 36.0 Å². The van der Waals surface area contributed by atoms with Gasteiger partial charge in [-0.15, -0.1) is 0 Å². The molecule has 0 N–H and O–H groups in total. The van der Waals surface area contributed by atoms with Crippen LogP contribution in [-0.2, 0) is 0 Å². The number of amides is 1. The van der Waals surface area contributed by atoms with Crippen molar-refractivity contribution < 1.29 is 4.79 Å². The summed E-state index contributed by atoms with van der Waals surface area (Å²) in [6, 6.07) is 9.84. The van der Waals surface area contributed by atoms with Crippen LogP contribution in [0.2, 0.25) is 0 Å². The average Bonchev–Trinajstić information content (AvgIpc) is 3.16. The lowest BCUT2D eigenvalue weighted by molar-refractivity contribution is 0.0762. The van der Waals surface area contributed by atoms with Crippen LogP contribution >= 0.6 is 11.3 Å². The molecule has 23 heavy (non-hydrogen) atoms. The van der Waals surface area contributed by atoms with Gasteiger partial charge < -0.3 is 9.47 Å². The highest BCUT2D eigenvalue weighted by molar-refractivity contribution is 7.20. The number of carbonyl (C=O) groups excluding carboxylic acids is 1. The molecule has 0 atom stereocenters. The number of hydrogen-bond acceptors (Lipinski definition) is 3. The molecule has 118 valence electrons. The Labute approximate surface area is 139 Å². The van der Waals surface area contributed by atoms with Gasteiger partial charge >= 0.3 is 0 Å². The molecule has 5 heteroatoms. The predicted octanol–water partition coefficient (Wildman–Crippen LogP) is 4.10. The molecule has 1 amide bonds. The number of carbonyl (C=O) groups is 1. The van der Waals surface area contributed by atoms with Crippen LogP contribution in [0.15, 0.2) is 42.7 Å². The predicted molar refractivity (Wildman–Crippen MR) is 93.3 cm³/mol. The van der Waals surface area contributed by atoms with Crippen molar-refractivity contribution in [3.63, 3.8) is 0 Å². The number of thiazole rings is 1. The Balaban J connectivity index is 1.64. The van der Waals surface area contributed by atoms with E-state index < -0.39 is 0 Å². The van der Waals surface area contributed by atoms with Crippen molar-refractivity contribution in [3.8, 4) is 5.13 Å². The maximum absolute atomic E-state index is 12.7. The van der Waals surface area contributed by atoms with Gasteiger partial charge in [-0.1, -0.05) is 24.2 Å². The fraction of sp³-hybridized carbons (Fsp3) is 0.333. The van der Waals surface area contributed by atoms with Crippen molar-refractivity contribution in [1.29, 1.82) is 0 Å². The van der Waals surface area contributed by atoms with Gasteiger partial charge in [0, 0.05) is 31.0 Å². The van der Waals surface area contributed by atoms with E-state index in [1.807, 2.05) is 52.2 Å². The molecule has 1 saturated heterocycles. The highest BCUT2D eigenvalue weighted by Crippen LogP contribution is 2.26. The molecule has 0 bridgehead atoms. The second-order valence-corrected chi connectivity index (χ2v) is 6.98. The zero-order valence-electron chi connectivity index (χ0n) is 12.9. The van der Waals surface area contributed by atoms with E-state index in [-0.39, 0.29) is 5.91 Å². The molecule has 0 unspecified atom stereocenters. The van der Waals surface area contributed by atoms with E-state index in [0.717, 1.165) is 46.8 Å². The molecule has 4 rings (SSSR count). The van der Waals surface area contributed by atoms with E-state index in [4.69, 9.17) is 0 Å². The first kappa shape index (κ1) is 14.5. The van der Waals surface area contributed by atoms with Crippen LogP contribution in [0.3, 0.4) is 0 Å². The molecule has 2 aromatic heterocycles. The third-order valence-electron chi connectivity index (χ3n) is 4.34. The molecule has 0 radical (unpaired) electrons. The Morgan fingerprint density at radius 3 is 2.52 bits per heavy atom. The number of benzene rings is 1. The van der Waals surface area contributed by atoms with E-state index in [1.165, 1.54) is 12.8 Å². The van der Waals surface area contributed by atoms with Crippen LogP contribution in [0.4, 0.5) is 0 Å². The molecule has 0 saturated carbocycles. The van der Waals surface area contributed by atoms with Gasteiger partial charge in [0.2, 0.25) is 0 Å². The van der Waals surface area contributed by atoms with Crippen molar-refractivity contribution in [2.45, 2.75) is 25.7 Å². The molecule has 4 nitrogen and oxygen atoms in total. The third kappa shape index (κ3) is 2.88. The molecule has 0 spiro atoms. The Hall–Kier alpha value is -2.14. The zero-order chi connectivity index (χ0) is 15.6. The molecule has 1 aliphatic rings. The minimum absolute atomic E-state index is 0.157. The van der Waals surface area contributed by atoms with Crippen LogP contribution in [-0.4, -0.2) is 33.4 Å². The van der Waals surface area contributed by atoms with Gasteiger partial charge in [0.1, 0.15) is 0 Å². The Bertz CT molecular complexity index is 814. The monoisotopic (exact) mass is 325 g/mol. The van der Waals surface area contributed by atoms with Crippen LogP contribution in [0, 0.1) is 0 Å². The number of rotatable bonds is 2. The normalized spacial score (nSPS) is 15.7. The Morgan fingerprint density at radius 1 is 1.04 bits per heavy atom. The second-order valence-electron chi connectivity index (χ2n) is 5.98. The highest BCUT2D eigenvalue weighted by atomic mass is 32.1. The summed E-state index contributed by atoms with van der Waals surface area (Å²) in [6.07, 6.45) is 8.68. The Morgan fingerprint density at radius 2 is 1.78 bits per heavy atom. The van der Waals surface area contributed by atoms with E-state index >= 15 is 0 Å². The number of likely N-dealkylation sites (tertiary alicyclic amines) is 1. The molecule has 0 aliphatic carbocycles. The summed E-state index contributed by atoms with van der Waals surface area (Å²) in [7, 11) is 0. The van der Waals surface area contributed by atoms with Crippen LogP contribution in [0.5, 0.6) is 0 Å². The van der Waals surface area contributed by atoms with Crippen molar-refractivity contribution in [1.82, 2.24) is 14.5 Å². The lowest BCUT2D eigenvalue weighted by Gasteiger charge is -2.20. The van der Waals surface area contributed by atoms with Crippen molar-refractivity contribution >= 4 is 27.5 Å². The van der Waals surface area contributed by atoms with E-state index in [0.29, 0.717) is 0 Å². The van der Waals surface area contributed by atoms with Gasteiger partial charge in [-0.3, -0.25) is 4.79 Å². The molecule has 1 aliphatic heterocycles. The fourth-order valence-electron chi connectivity index (χ4n) is 3.07. The summed E-state index contributed by atoms with van der Waals surface area (Å²) < 4.78 is 3.07. The molecule has 3 heterocycles. The van der Waals surface area contributed by atoms with E-state index in [2.05, 4.69) is 4.98 Å². The number of aromatic nitrogens is 2. The lowest BCUT2D eigenvalue weighted by atomic mass is 10.2. The maximum atomic E-state index is 12.7. The van der Waals surface area contributed by atoms with E-state index in [1.54, 1.807) is 11.3 Å². The number of fused-ring (bicyclic) bond motifs is 1. The maximum Gasteiger partial charge on any atom is 0.253 e. The quantitative estimate of drug-likeness (QED) is 0.711. The minimum Gasteiger partial charge on any atom is -0.339 e. The van der Waals surface area contributed by atoms with E-state index in [9.17, 15) is 4.79 Å². The standard InChI is InChI=1S/C18H19N3OS/c22-17(20-9-3-1-2-4-10-20)14-7-8-15-16(13-14)23-18(19-15)21-11-5-6-12-21/h5-8,11-13H,1-4,9-10H2. The fourth-order valence-corrected chi connectivity index (χ4v) is 4.05. The van der Waals surface area contributed by atoms with Gasteiger partial charge in [0.25, 0.3) is 5.91 Å². The summed E-state index contributed by atoms with van der Waals surface area (Å²) in [5.74, 6) is 0.157. The summed E-state index contributed by atoms with van der Waals surface area (Å²) >= 11 is 1.62. The SMILES string of the molecule is O=C(c1ccc2nc(-n3cccc3)sc2c1)N1CCCCCC1. The largest absolute Gasteiger partial charge is 0.339 e. The van der Waals surface area contributed by atoms with Gasteiger partial charge in [-0.2, -0.15) is 0 Å².